The topological polar surface area (TPSA) is 36.9 Å². The summed E-state index contributed by atoms with van der Waals surface area (Å²) in [5.74, 6) is 0. The molecule has 6 heteroatoms. The van der Waals surface area contributed by atoms with Gasteiger partial charge in [0.2, 0.25) is 8.32 Å². The summed E-state index contributed by atoms with van der Waals surface area (Å²) in [4.78, 5) is 0. The van der Waals surface area contributed by atoms with Crippen LogP contribution in [0, 0.1) is 0 Å². The first-order valence-corrected chi connectivity index (χ1v) is 11.4. The minimum atomic E-state index is -2.51. The van der Waals surface area contributed by atoms with Crippen molar-refractivity contribution < 1.29 is 17.7 Å². The molecule has 19 heavy (non-hydrogen) atoms. The Bertz CT molecular complexity index is 228. The molecule has 0 fully saturated rings. The molecule has 0 aromatic carbocycles. The van der Waals surface area contributed by atoms with Crippen LogP contribution in [0.3, 0.4) is 0 Å². The summed E-state index contributed by atoms with van der Waals surface area (Å²) < 4.78 is 21.4. The van der Waals surface area contributed by atoms with Crippen molar-refractivity contribution in [2.45, 2.75) is 33.9 Å². The van der Waals surface area contributed by atoms with E-state index >= 15 is 0 Å². The van der Waals surface area contributed by atoms with Crippen LogP contribution in [0.4, 0.5) is 0 Å². The van der Waals surface area contributed by atoms with E-state index in [2.05, 4.69) is 26.3 Å². The summed E-state index contributed by atoms with van der Waals surface area (Å²) in [6, 6.07) is 0. The highest BCUT2D eigenvalue weighted by Crippen LogP contribution is 2.10. The minimum absolute atomic E-state index is 0.595. The maximum absolute atomic E-state index is 5.44. The Morgan fingerprint density at radius 1 is 0.842 bits per heavy atom. The lowest BCUT2D eigenvalue weighted by molar-refractivity contribution is 0.0844. The Balaban J connectivity index is 0. The van der Waals surface area contributed by atoms with Gasteiger partial charge in [0.15, 0.2) is 0 Å². The zero-order valence-electron chi connectivity index (χ0n) is 13.3. The average molecular weight is 307 g/mol. The van der Waals surface area contributed by atoms with E-state index in [-0.39, 0.29) is 0 Å². The Morgan fingerprint density at radius 2 is 1.21 bits per heavy atom. The van der Waals surface area contributed by atoms with Gasteiger partial charge < -0.3 is 17.7 Å². The summed E-state index contributed by atoms with van der Waals surface area (Å²) in [5, 5.41) is 0. The van der Waals surface area contributed by atoms with Gasteiger partial charge in [0.25, 0.3) is 0 Å². The summed E-state index contributed by atoms with van der Waals surface area (Å²) in [5.41, 5.74) is 3.58. The lowest BCUT2D eigenvalue weighted by Gasteiger charge is -2.24. The first-order chi connectivity index (χ1) is 8.86. The molecule has 0 N–H and O–H groups in total. The first-order valence-electron chi connectivity index (χ1n) is 6.61. The van der Waals surface area contributed by atoms with Gasteiger partial charge in [-0.3, -0.25) is 0 Å². The Hall–Kier alpha value is -0.246. The lowest BCUT2D eigenvalue weighted by Crippen LogP contribution is -2.44. The summed E-state index contributed by atoms with van der Waals surface area (Å²) in [7, 11) is -2.16. The summed E-state index contributed by atoms with van der Waals surface area (Å²) >= 11 is 0. The predicted octanol–water partition coefficient (Wildman–Crippen LogP) is 3.32. The fraction of sp³-hybridized carbons (Fsp3) is 0.692. The molecule has 0 atom stereocenters. The van der Waals surface area contributed by atoms with Gasteiger partial charge in [0, 0.05) is 26.9 Å². The maximum atomic E-state index is 5.44. The van der Waals surface area contributed by atoms with Crippen LogP contribution in [0.15, 0.2) is 24.6 Å². The van der Waals surface area contributed by atoms with E-state index in [9.17, 15) is 0 Å². The molecule has 0 radical (unpaired) electrons. The molecule has 114 valence electrons. The fourth-order valence-electron chi connectivity index (χ4n) is 0.989. The molecule has 0 amide bonds. The molecule has 0 aromatic heterocycles. The monoisotopic (exact) mass is 306 g/mol. The van der Waals surface area contributed by atoms with Crippen LogP contribution in [0.1, 0.15) is 20.8 Å². The third kappa shape index (κ3) is 10.2. The quantitative estimate of drug-likeness (QED) is 0.612. The van der Waals surface area contributed by atoms with Crippen LogP contribution >= 0.6 is 0 Å². The molecular formula is C13H30O4Si2. The molecule has 0 bridgehead atoms. The fourth-order valence-corrected chi connectivity index (χ4v) is 2.97. The molecule has 0 aliphatic rings. The van der Waals surface area contributed by atoms with Crippen molar-refractivity contribution in [3.05, 3.63) is 24.6 Å². The zero-order chi connectivity index (χ0) is 15.4. The van der Waals surface area contributed by atoms with Crippen LogP contribution < -0.4 is 0 Å². The van der Waals surface area contributed by atoms with Crippen LogP contribution in [-0.2, 0) is 17.7 Å². The smallest absolute Gasteiger partial charge is 0.417 e. The van der Waals surface area contributed by atoms with Gasteiger partial charge in [-0.05, 0) is 39.6 Å². The van der Waals surface area contributed by atoms with E-state index in [1.54, 1.807) is 12.8 Å². The second-order valence-corrected chi connectivity index (χ2v) is 10.6. The Kier molecular flexibility index (Phi) is 12.8. The van der Waals surface area contributed by atoms with Crippen molar-refractivity contribution in [1.29, 1.82) is 0 Å². The molecule has 0 saturated heterocycles. The molecular weight excluding hydrogens is 276 g/mol. The third-order valence-corrected chi connectivity index (χ3v) is 6.91. The highest BCUT2D eigenvalue weighted by atomic mass is 28.4. The van der Waals surface area contributed by atoms with Crippen molar-refractivity contribution in [3.8, 4) is 0 Å². The maximum Gasteiger partial charge on any atom is 0.528 e. The van der Waals surface area contributed by atoms with Gasteiger partial charge in [-0.25, -0.2) is 0 Å². The van der Waals surface area contributed by atoms with Crippen molar-refractivity contribution in [2.24, 2.45) is 0 Å². The van der Waals surface area contributed by atoms with Crippen LogP contribution in [-0.4, -0.2) is 44.1 Å². The molecule has 0 aliphatic heterocycles. The number of hydrogen-bond acceptors (Lipinski definition) is 4. The normalized spacial score (nSPS) is 11.5. The second-order valence-electron chi connectivity index (χ2n) is 4.12. The van der Waals surface area contributed by atoms with Crippen LogP contribution in [0.25, 0.3) is 0 Å². The molecule has 0 unspecified atom stereocenters. The second kappa shape index (κ2) is 11.6. The largest absolute Gasteiger partial charge is 0.528 e. The summed E-state index contributed by atoms with van der Waals surface area (Å²) in [6.07, 6.45) is 0. The minimum Gasteiger partial charge on any atom is -0.417 e. The highest BCUT2D eigenvalue weighted by Gasteiger charge is 2.36. The van der Waals surface area contributed by atoms with Crippen molar-refractivity contribution in [3.63, 3.8) is 0 Å². The van der Waals surface area contributed by atoms with Crippen molar-refractivity contribution in [2.75, 3.05) is 26.9 Å². The van der Waals surface area contributed by atoms with E-state index in [4.69, 9.17) is 17.7 Å². The third-order valence-electron chi connectivity index (χ3n) is 2.30. The van der Waals surface area contributed by atoms with E-state index in [0.29, 0.717) is 19.8 Å². The standard InChI is InChI=1S/C8H18O3Si.C5H12OSi/c1-5-9-12(8-4,10-6-2)11-7-3;1-5-7(3,4)6-2/h8H,4-7H2,1-3H3;5H,1H2,2-4H3. The lowest BCUT2D eigenvalue weighted by atomic mass is 10.9. The SMILES string of the molecule is C=C[Si](C)(C)OC.C=C[Si](OCC)(OCC)OCC. The van der Waals surface area contributed by atoms with Gasteiger partial charge in [-0.15, -0.1) is 6.58 Å². The molecule has 4 nitrogen and oxygen atoms in total. The highest BCUT2D eigenvalue weighted by molar-refractivity contribution is 6.76. The van der Waals surface area contributed by atoms with Gasteiger partial charge in [0.05, 0.1) is 0 Å². The van der Waals surface area contributed by atoms with Crippen molar-refractivity contribution >= 4 is 17.1 Å². The van der Waals surface area contributed by atoms with E-state index < -0.39 is 17.1 Å². The first kappa shape index (κ1) is 21.1. The van der Waals surface area contributed by atoms with Gasteiger partial charge >= 0.3 is 8.80 Å². The van der Waals surface area contributed by atoms with Crippen molar-refractivity contribution in [1.82, 2.24) is 0 Å². The van der Waals surface area contributed by atoms with Gasteiger partial charge in [-0.1, -0.05) is 12.3 Å². The molecule has 0 heterocycles. The van der Waals surface area contributed by atoms with Gasteiger partial charge in [-0.2, -0.15) is 0 Å². The summed E-state index contributed by atoms with van der Waals surface area (Å²) in [6.45, 7) is 19.1. The molecule has 0 rings (SSSR count). The Morgan fingerprint density at radius 3 is 1.32 bits per heavy atom. The molecule has 0 aliphatic carbocycles. The average Bonchev–Trinajstić information content (AvgIpc) is 2.40. The Labute approximate surface area is 120 Å². The number of hydrogen-bond donors (Lipinski definition) is 0. The van der Waals surface area contributed by atoms with Crippen LogP contribution in [0.5, 0.6) is 0 Å². The van der Waals surface area contributed by atoms with E-state index in [1.165, 1.54) is 0 Å². The van der Waals surface area contributed by atoms with E-state index in [1.807, 2.05) is 26.5 Å². The van der Waals surface area contributed by atoms with Crippen LogP contribution in [0.2, 0.25) is 13.1 Å². The number of rotatable bonds is 9. The zero-order valence-corrected chi connectivity index (χ0v) is 15.3. The van der Waals surface area contributed by atoms with E-state index in [0.717, 1.165) is 0 Å². The molecule has 0 aromatic rings. The van der Waals surface area contributed by atoms with Gasteiger partial charge in [0.1, 0.15) is 0 Å². The molecule has 0 saturated carbocycles. The predicted molar refractivity (Wildman–Crippen MR) is 85.5 cm³/mol. The molecule has 0 spiro atoms.